The fourth-order valence-electron chi connectivity index (χ4n) is 2.31. The molecule has 8 heteroatoms. The van der Waals surface area contributed by atoms with Crippen LogP contribution in [0.2, 0.25) is 5.02 Å². The first-order chi connectivity index (χ1) is 12.1. The number of carbonyl (C=O) groups is 1. The second kappa shape index (κ2) is 8.07. The Labute approximate surface area is 158 Å². The number of sulfonamides is 1. The van der Waals surface area contributed by atoms with Crippen molar-refractivity contribution in [1.29, 1.82) is 0 Å². The van der Waals surface area contributed by atoms with Crippen LogP contribution in [0.1, 0.15) is 18.1 Å². The molecule has 0 aliphatic rings. The summed E-state index contributed by atoms with van der Waals surface area (Å²) in [6.45, 7) is 5.13. The zero-order chi connectivity index (χ0) is 19.5. The second-order valence-electron chi connectivity index (χ2n) is 5.85. The molecule has 0 aliphatic carbocycles. The molecule has 0 saturated carbocycles. The minimum atomic E-state index is -3.61. The van der Waals surface area contributed by atoms with E-state index < -0.39 is 22.0 Å². The predicted molar refractivity (Wildman–Crippen MR) is 102 cm³/mol. The maximum absolute atomic E-state index is 12.4. The lowest BCUT2D eigenvalue weighted by molar-refractivity contribution is -0.122. The number of anilines is 1. The highest BCUT2D eigenvalue weighted by Crippen LogP contribution is 2.24. The van der Waals surface area contributed by atoms with Crippen molar-refractivity contribution >= 4 is 33.2 Å². The molecule has 1 atom stereocenters. The third-order valence-electron chi connectivity index (χ3n) is 3.82. The van der Waals surface area contributed by atoms with E-state index >= 15 is 0 Å². The summed E-state index contributed by atoms with van der Waals surface area (Å²) in [5.41, 5.74) is 1.77. The Morgan fingerprint density at radius 3 is 2.42 bits per heavy atom. The predicted octanol–water partition coefficient (Wildman–Crippen LogP) is 3.27. The van der Waals surface area contributed by atoms with Gasteiger partial charge in [-0.15, -0.1) is 0 Å². The summed E-state index contributed by atoms with van der Waals surface area (Å²) in [6.07, 6.45) is -0.777. The fraction of sp³-hybridized carbons (Fsp3) is 0.278. The molecule has 140 valence electrons. The molecule has 26 heavy (non-hydrogen) atoms. The molecule has 0 aliphatic heterocycles. The summed E-state index contributed by atoms with van der Waals surface area (Å²) in [7, 11) is -2.27. The Hall–Kier alpha value is -2.09. The van der Waals surface area contributed by atoms with Crippen LogP contribution in [0.25, 0.3) is 0 Å². The lowest BCUT2D eigenvalue weighted by Gasteiger charge is -2.17. The monoisotopic (exact) mass is 396 g/mol. The van der Waals surface area contributed by atoms with E-state index in [0.29, 0.717) is 22.0 Å². The molecule has 0 heterocycles. The number of hydrogen-bond donors (Lipinski definition) is 2. The van der Waals surface area contributed by atoms with Gasteiger partial charge >= 0.3 is 0 Å². The molecule has 0 aromatic heterocycles. The Kier molecular flexibility index (Phi) is 6.28. The van der Waals surface area contributed by atoms with Gasteiger partial charge in [-0.1, -0.05) is 17.7 Å². The summed E-state index contributed by atoms with van der Waals surface area (Å²) in [5.74, 6) is 0.162. The Morgan fingerprint density at radius 1 is 1.12 bits per heavy atom. The van der Waals surface area contributed by atoms with Gasteiger partial charge in [-0.2, -0.15) is 0 Å². The van der Waals surface area contributed by atoms with Crippen molar-refractivity contribution < 1.29 is 17.9 Å². The summed E-state index contributed by atoms with van der Waals surface area (Å²) >= 11 is 5.91. The normalized spacial score (nSPS) is 12.5. The van der Waals surface area contributed by atoms with Gasteiger partial charge in [0.05, 0.1) is 4.90 Å². The number of benzene rings is 2. The number of ether oxygens (including phenoxy) is 1. The number of rotatable bonds is 6. The van der Waals surface area contributed by atoms with Crippen LogP contribution in [0.4, 0.5) is 5.69 Å². The van der Waals surface area contributed by atoms with Gasteiger partial charge in [-0.3, -0.25) is 4.79 Å². The molecule has 6 nitrogen and oxygen atoms in total. The van der Waals surface area contributed by atoms with Gasteiger partial charge in [0.15, 0.2) is 6.10 Å². The highest BCUT2D eigenvalue weighted by molar-refractivity contribution is 7.89. The lowest BCUT2D eigenvalue weighted by Crippen LogP contribution is -2.30. The smallest absolute Gasteiger partial charge is 0.265 e. The van der Waals surface area contributed by atoms with Gasteiger partial charge in [0.2, 0.25) is 10.0 Å². The van der Waals surface area contributed by atoms with Gasteiger partial charge in [0.25, 0.3) is 5.91 Å². The van der Waals surface area contributed by atoms with Crippen LogP contribution in [0, 0.1) is 13.8 Å². The van der Waals surface area contributed by atoms with E-state index in [1.54, 1.807) is 44.2 Å². The molecule has 0 bridgehead atoms. The van der Waals surface area contributed by atoms with Crippen molar-refractivity contribution in [3.63, 3.8) is 0 Å². The van der Waals surface area contributed by atoms with E-state index in [1.807, 2.05) is 6.92 Å². The largest absolute Gasteiger partial charge is 0.481 e. The number of hydrogen-bond acceptors (Lipinski definition) is 4. The lowest BCUT2D eigenvalue weighted by atomic mass is 10.2. The number of aryl methyl sites for hydroxylation is 2. The van der Waals surface area contributed by atoms with E-state index in [9.17, 15) is 13.2 Å². The first-order valence-electron chi connectivity index (χ1n) is 7.92. The molecule has 2 aromatic carbocycles. The minimum Gasteiger partial charge on any atom is -0.481 e. The van der Waals surface area contributed by atoms with Crippen LogP contribution >= 0.6 is 11.6 Å². The molecular weight excluding hydrogens is 376 g/mol. The van der Waals surface area contributed by atoms with Crippen molar-refractivity contribution in [2.45, 2.75) is 31.8 Å². The Morgan fingerprint density at radius 2 is 1.81 bits per heavy atom. The van der Waals surface area contributed by atoms with Crippen LogP contribution in [0.15, 0.2) is 41.3 Å². The van der Waals surface area contributed by atoms with Crippen LogP contribution in [0.3, 0.4) is 0 Å². The molecule has 0 fully saturated rings. The Balaban J connectivity index is 2.15. The molecule has 0 saturated heterocycles. The van der Waals surface area contributed by atoms with Crippen LogP contribution in [-0.2, 0) is 14.8 Å². The average Bonchev–Trinajstić information content (AvgIpc) is 2.58. The standard InChI is InChI=1S/C18H21ClN2O4S/c1-11-5-7-15(10-17(11)26(23,24)20-4)21-18(22)13(3)25-16-8-6-14(19)9-12(16)2/h5-10,13,20H,1-4H3,(H,21,22). The molecule has 2 aromatic rings. The molecule has 2 N–H and O–H groups in total. The number of amides is 1. The first-order valence-corrected chi connectivity index (χ1v) is 9.78. The number of carbonyl (C=O) groups excluding carboxylic acids is 1. The second-order valence-corrected chi connectivity index (χ2v) is 8.14. The van der Waals surface area contributed by atoms with Crippen molar-refractivity contribution in [2.75, 3.05) is 12.4 Å². The van der Waals surface area contributed by atoms with Gasteiger partial charge < -0.3 is 10.1 Å². The van der Waals surface area contributed by atoms with Crippen molar-refractivity contribution in [3.8, 4) is 5.75 Å². The van der Waals surface area contributed by atoms with Crippen LogP contribution < -0.4 is 14.8 Å². The maximum Gasteiger partial charge on any atom is 0.265 e. The van der Waals surface area contributed by atoms with Crippen molar-refractivity contribution in [3.05, 3.63) is 52.5 Å². The minimum absolute atomic E-state index is 0.111. The van der Waals surface area contributed by atoms with Crippen LogP contribution in [0.5, 0.6) is 5.75 Å². The van der Waals surface area contributed by atoms with Gasteiger partial charge in [-0.25, -0.2) is 13.1 Å². The molecule has 0 radical (unpaired) electrons. The summed E-state index contributed by atoms with van der Waals surface area (Å²) in [4.78, 5) is 12.5. The summed E-state index contributed by atoms with van der Waals surface area (Å²) < 4.78 is 32.0. The van der Waals surface area contributed by atoms with Gasteiger partial charge in [0.1, 0.15) is 5.75 Å². The van der Waals surface area contributed by atoms with Gasteiger partial charge in [0, 0.05) is 10.7 Å². The molecular formula is C18H21ClN2O4S. The first kappa shape index (κ1) is 20.2. The molecule has 0 spiro atoms. The van der Waals surface area contributed by atoms with E-state index in [1.165, 1.54) is 13.1 Å². The zero-order valence-electron chi connectivity index (χ0n) is 15.0. The summed E-state index contributed by atoms with van der Waals surface area (Å²) in [5, 5.41) is 3.26. The van der Waals surface area contributed by atoms with Crippen molar-refractivity contribution in [1.82, 2.24) is 4.72 Å². The van der Waals surface area contributed by atoms with E-state index in [2.05, 4.69) is 10.0 Å². The highest BCUT2D eigenvalue weighted by atomic mass is 35.5. The number of nitrogens with one attached hydrogen (secondary N) is 2. The van der Waals surface area contributed by atoms with Crippen molar-refractivity contribution in [2.24, 2.45) is 0 Å². The quantitative estimate of drug-likeness (QED) is 0.784. The Bertz CT molecular complexity index is 929. The number of halogens is 1. The SMILES string of the molecule is CNS(=O)(=O)c1cc(NC(=O)C(C)Oc2ccc(Cl)cc2C)ccc1C. The summed E-state index contributed by atoms with van der Waals surface area (Å²) in [6, 6.07) is 9.82. The maximum atomic E-state index is 12.4. The highest BCUT2D eigenvalue weighted by Gasteiger charge is 2.19. The molecule has 1 amide bonds. The third-order valence-corrected chi connectivity index (χ3v) is 5.62. The topological polar surface area (TPSA) is 84.5 Å². The van der Waals surface area contributed by atoms with Gasteiger partial charge in [-0.05, 0) is 69.3 Å². The van der Waals surface area contributed by atoms with E-state index in [0.717, 1.165) is 5.56 Å². The van der Waals surface area contributed by atoms with E-state index in [4.69, 9.17) is 16.3 Å². The molecule has 1 unspecified atom stereocenters. The average molecular weight is 397 g/mol. The van der Waals surface area contributed by atoms with Crippen LogP contribution in [-0.4, -0.2) is 27.5 Å². The third kappa shape index (κ3) is 4.75. The fourth-order valence-corrected chi connectivity index (χ4v) is 3.53. The van der Waals surface area contributed by atoms with E-state index in [-0.39, 0.29) is 4.90 Å². The zero-order valence-corrected chi connectivity index (χ0v) is 16.5. The molecule has 2 rings (SSSR count).